The molecule has 0 saturated carbocycles. The Morgan fingerprint density at radius 1 is 1.19 bits per heavy atom. The highest BCUT2D eigenvalue weighted by atomic mass is 79.9. The van der Waals surface area contributed by atoms with E-state index in [2.05, 4.69) is 21.2 Å². The third-order valence-electron chi connectivity index (χ3n) is 4.53. The number of benzene rings is 2. The van der Waals surface area contributed by atoms with E-state index in [4.69, 9.17) is 11.6 Å². The SMILES string of the molecule is O=C(NCc1cccc(Br)c1)[C@@H]1CCCCN1S(=O)(=O)c1ccc(Cl)cc1. The lowest BCUT2D eigenvalue weighted by atomic mass is 10.0. The molecule has 1 N–H and O–H groups in total. The number of halogens is 2. The molecule has 0 bridgehead atoms. The highest BCUT2D eigenvalue weighted by molar-refractivity contribution is 9.10. The minimum absolute atomic E-state index is 0.151. The summed E-state index contributed by atoms with van der Waals surface area (Å²) in [5.74, 6) is -0.271. The molecule has 27 heavy (non-hydrogen) atoms. The van der Waals surface area contributed by atoms with Crippen LogP contribution >= 0.6 is 27.5 Å². The van der Waals surface area contributed by atoms with Crippen LogP contribution in [0.5, 0.6) is 0 Å². The summed E-state index contributed by atoms with van der Waals surface area (Å²) < 4.78 is 28.3. The number of hydrogen-bond acceptors (Lipinski definition) is 3. The Labute approximate surface area is 172 Å². The van der Waals surface area contributed by atoms with Gasteiger partial charge in [0.05, 0.1) is 4.90 Å². The summed E-state index contributed by atoms with van der Waals surface area (Å²) in [5, 5.41) is 3.34. The van der Waals surface area contributed by atoms with Crippen LogP contribution in [0.15, 0.2) is 57.9 Å². The van der Waals surface area contributed by atoms with Gasteiger partial charge in [0.2, 0.25) is 15.9 Å². The topological polar surface area (TPSA) is 66.5 Å². The lowest BCUT2D eigenvalue weighted by Crippen LogP contribution is -2.51. The number of carbonyl (C=O) groups is 1. The van der Waals surface area contributed by atoms with E-state index in [0.29, 0.717) is 24.5 Å². The summed E-state index contributed by atoms with van der Waals surface area (Å²) in [6, 6.07) is 13.0. The zero-order chi connectivity index (χ0) is 19.4. The maximum absolute atomic E-state index is 13.0. The molecule has 3 rings (SSSR count). The van der Waals surface area contributed by atoms with Gasteiger partial charge in [0.1, 0.15) is 6.04 Å². The van der Waals surface area contributed by atoms with Crippen molar-refractivity contribution in [2.45, 2.75) is 36.7 Å². The monoisotopic (exact) mass is 470 g/mol. The van der Waals surface area contributed by atoms with E-state index < -0.39 is 16.1 Å². The lowest BCUT2D eigenvalue weighted by molar-refractivity contribution is -0.125. The van der Waals surface area contributed by atoms with Crippen molar-refractivity contribution >= 4 is 43.5 Å². The Hall–Kier alpha value is -1.41. The Balaban J connectivity index is 1.76. The summed E-state index contributed by atoms with van der Waals surface area (Å²) in [6.45, 7) is 0.684. The second kappa shape index (κ2) is 8.73. The smallest absolute Gasteiger partial charge is 0.243 e. The van der Waals surface area contributed by atoms with Crippen molar-refractivity contribution in [1.82, 2.24) is 9.62 Å². The van der Waals surface area contributed by atoms with E-state index in [1.165, 1.54) is 16.4 Å². The number of nitrogens with one attached hydrogen (secondary N) is 1. The van der Waals surface area contributed by atoms with Gasteiger partial charge in [-0.1, -0.05) is 46.1 Å². The molecule has 0 aromatic heterocycles. The highest BCUT2D eigenvalue weighted by Crippen LogP contribution is 2.26. The van der Waals surface area contributed by atoms with Gasteiger partial charge in [0, 0.05) is 22.6 Å². The molecular formula is C19H20BrClN2O3S. The van der Waals surface area contributed by atoms with E-state index in [9.17, 15) is 13.2 Å². The van der Waals surface area contributed by atoms with E-state index in [-0.39, 0.29) is 10.8 Å². The third kappa shape index (κ3) is 4.90. The van der Waals surface area contributed by atoms with Gasteiger partial charge in [-0.05, 0) is 54.8 Å². The second-order valence-corrected chi connectivity index (χ2v) is 9.67. The Morgan fingerprint density at radius 3 is 2.63 bits per heavy atom. The van der Waals surface area contributed by atoms with Crippen LogP contribution in [0, 0.1) is 0 Å². The zero-order valence-electron chi connectivity index (χ0n) is 14.6. The van der Waals surface area contributed by atoms with Crippen LogP contribution < -0.4 is 5.32 Å². The first kappa shape index (κ1) is 20.3. The molecule has 1 aliphatic rings. The summed E-state index contributed by atoms with van der Waals surface area (Å²) in [7, 11) is -3.76. The molecule has 144 valence electrons. The van der Waals surface area contributed by atoms with Crippen LogP contribution in [0.4, 0.5) is 0 Å². The van der Waals surface area contributed by atoms with E-state index in [0.717, 1.165) is 22.9 Å². The van der Waals surface area contributed by atoms with Crippen molar-refractivity contribution in [3.63, 3.8) is 0 Å². The normalized spacial score (nSPS) is 18.2. The number of hydrogen-bond donors (Lipinski definition) is 1. The molecule has 0 aliphatic carbocycles. The molecule has 1 amide bonds. The molecule has 1 aliphatic heterocycles. The zero-order valence-corrected chi connectivity index (χ0v) is 17.7. The minimum Gasteiger partial charge on any atom is -0.351 e. The van der Waals surface area contributed by atoms with Gasteiger partial charge in [-0.2, -0.15) is 4.31 Å². The summed E-state index contributed by atoms with van der Waals surface area (Å²) in [6.07, 6.45) is 2.07. The average Bonchev–Trinajstić information content (AvgIpc) is 2.66. The van der Waals surface area contributed by atoms with Crippen molar-refractivity contribution in [2.75, 3.05) is 6.54 Å². The summed E-state index contributed by atoms with van der Waals surface area (Å²) in [4.78, 5) is 12.9. The number of sulfonamides is 1. The largest absolute Gasteiger partial charge is 0.351 e. The molecule has 0 radical (unpaired) electrons. The van der Waals surface area contributed by atoms with Crippen LogP contribution in [0.1, 0.15) is 24.8 Å². The van der Waals surface area contributed by atoms with E-state index in [1.807, 2.05) is 24.3 Å². The average molecular weight is 472 g/mol. The van der Waals surface area contributed by atoms with Gasteiger partial charge in [-0.25, -0.2) is 8.42 Å². The molecule has 8 heteroatoms. The predicted octanol–water partition coefficient (Wildman–Crippen LogP) is 3.96. The number of nitrogens with zero attached hydrogens (tertiary/aromatic N) is 1. The van der Waals surface area contributed by atoms with Crippen LogP contribution in [-0.4, -0.2) is 31.2 Å². The van der Waals surface area contributed by atoms with Gasteiger partial charge >= 0.3 is 0 Å². The Bertz CT molecular complexity index is 919. The quantitative estimate of drug-likeness (QED) is 0.718. The molecule has 0 spiro atoms. The van der Waals surface area contributed by atoms with Crippen LogP contribution in [0.2, 0.25) is 5.02 Å². The number of amides is 1. The molecule has 2 aromatic rings. The minimum atomic E-state index is -3.76. The van der Waals surface area contributed by atoms with E-state index >= 15 is 0 Å². The summed E-state index contributed by atoms with van der Waals surface area (Å²) in [5.41, 5.74) is 0.945. The standard InChI is InChI=1S/C19H20BrClN2O3S/c20-15-5-3-4-14(12-15)13-22-19(24)18-6-1-2-11-23(18)27(25,26)17-9-7-16(21)8-10-17/h3-5,7-10,12,18H,1-2,6,11,13H2,(H,22,24)/t18-/m0/s1. The van der Waals surface area contributed by atoms with Crippen molar-refractivity contribution in [1.29, 1.82) is 0 Å². The van der Waals surface area contributed by atoms with Crippen LogP contribution in [0.3, 0.4) is 0 Å². The molecule has 2 aromatic carbocycles. The summed E-state index contributed by atoms with van der Waals surface area (Å²) >= 11 is 9.26. The fraction of sp³-hybridized carbons (Fsp3) is 0.316. The van der Waals surface area contributed by atoms with Crippen molar-refractivity contribution in [3.8, 4) is 0 Å². The van der Waals surface area contributed by atoms with Crippen molar-refractivity contribution < 1.29 is 13.2 Å². The number of carbonyl (C=O) groups excluding carboxylic acids is 1. The first-order chi connectivity index (χ1) is 12.9. The molecule has 0 unspecified atom stereocenters. The molecular weight excluding hydrogens is 452 g/mol. The van der Waals surface area contributed by atoms with Gasteiger partial charge in [-0.3, -0.25) is 4.79 Å². The first-order valence-corrected chi connectivity index (χ1v) is 11.3. The van der Waals surface area contributed by atoms with Gasteiger partial charge in [0.25, 0.3) is 0 Å². The van der Waals surface area contributed by atoms with E-state index in [1.54, 1.807) is 12.1 Å². The number of piperidine rings is 1. The Morgan fingerprint density at radius 2 is 1.93 bits per heavy atom. The third-order valence-corrected chi connectivity index (χ3v) is 7.20. The first-order valence-electron chi connectivity index (χ1n) is 8.67. The maximum atomic E-state index is 13.0. The fourth-order valence-corrected chi connectivity index (χ4v) is 5.38. The van der Waals surface area contributed by atoms with Crippen molar-refractivity contribution in [3.05, 3.63) is 63.6 Å². The van der Waals surface area contributed by atoms with Crippen molar-refractivity contribution in [2.24, 2.45) is 0 Å². The molecule has 5 nitrogen and oxygen atoms in total. The predicted molar refractivity (Wildman–Crippen MR) is 109 cm³/mol. The van der Waals surface area contributed by atoms with Crippen LogP contribution in [0.25, 0.3) is 0 Å². The number of rotatable bonds is 5. The fourth-order valence-electron chi connectivity index (χ4n) is 3.15. The lowest BCUT2D eigenvalue weighted by Gasteiger charge is -2.33. The van der Waals surface area contributed by atoms with Gasteiger partial charge in [-0.15, -0.1) is 0 Å². The van der Waals surface area contributed by atoms with Crippen LogP contribution in [-0.2, 0) is 21.4 Å². The Kier molecular flexibility index (Phi) is 6.57. The molecule has 1 atom stereocenters. The molecule has 1 heterocycles. The molecule has 1 saturated heterocycles. The van der Waals surface area contributed by atoms with Gasteiger partial charge < -0.3 is 5.32 Å². The second-order valence-electron chi connectivity index (χ2n) is 6.43. The maximum Gasteiger partial charge on any atom is 0.243 e. The highest BCUT2D eigenvalue weighted by Gasteiger charge is 2.37. The molecule has 1 fully saturated rings. The van der Waals surface area contributed by atoms with Gasteiger partial charge in [0.15, 0.2) is 0 Å².